The number of carbonyl (C=O) groups excluding carboxylic acids is 1. The molecular weight excluding hydrogens is 238 g/mol. The Bertz CT molecular complexity index is 382. The Morgan fingerprint density at radius 2 is 2.12 bits per heavy atom. The minimum atomic E-state index is -0.220. The van der Waals surface area contributed by atoms with Gasteiger partial charge in [-0.3, -0.25) is 0 Å². The maximum atomic E-state index is 11.5. The Balaban J connectivity index is 2.37. The van der Waals surface area contributed by atoms with Crippen molar-refractivity contribution in [3.63, 3.8) is 0 Å². The maximum Gasteiger partial charge on any atom is 0.319 e. The fraction of sp³-hybridized carbons (Fsp3) is 0.417. The summed E-state index contributed by atoms with van der Waals surface area (Å²) in [5.41, 5.74) is 1.69. The van der Waals surface area contributed by atoms with Gasteiger partial charge in [-0.15, -0.1) is 0 Å². The molecule has 17 heavy (non-hydrogen) atoms. The highest BCUT2D eigenvalue weighted by molar-refractivity contribution is 6.31. The van der Waals surface area contributed by atoms with E-state index in [0.717, 1.165) is 18.7 Å². The quantitative estimate of drug-likeness (QED) is 0.708. The standard InChI is InChI=1S/C12H18ClN3O/c1-3-14-6-7-15-12(17)16-10-5-4-9(2)11(13)8-10/h4-5,8,14H,3,6-7H2,1-2H3,(H2,15,16,17). The number of halogens is 1. The summed E-state index contributed by atoms with van der Waals surface area (Å²) in [4.78, 5) is 11.5. The summed E-state index contributed by atoms with van der Waals surface area (Å²) >= 11 is 5.96. The monoisotopic (exact) mass is 255 g/mol. The lowest BCUT2D eigenvalue weighted by Gasteiger charge is -2.08. The zero-order valence-corrected chi connectivity index (χ0v) is 10.9. The van der Waals surface area contributed by atoms with Gasteiger partial charge >= 0.3 is 6.03 Å². The molecule has 0 aliphatic carbocycles. The van der Waals surface area contributed by atoms with Crippen LogP contribution in [-0.4, -0.2) is 25.7 Å². The third kappa shape index (κ3) is 5.06. The number of nitrogens with one attached hydrogen (secondary N) is 3. The van der Waals surface area contributed by atoms with Crippen molar-refractivity contribution in [3.05, 3.63) is 28.8 Å². The molecule has 2 amide bonds. The first-order valence-corrected chi connectivity index (χ1v) is 6.03. The topological polar surface area (TPSA) is 53.2 Å². The molecule has 0 fully saturated rings. The number of hydrogen-bond acceptors (Lipinski definition) is 2. The van der Waals surface area contributed by atoms with E-state index in [1.807, 2.05) is 26.0 Å². The Labute approximate surface area is 107 Å². The predicted molar refractivity (Wildman–Crippen MR) is 71.8 cm³/mol. The Kier molecular flexibility index (Phi) is 5.80. The Hall–Kier alpha value is -1.26. The minimum absolute atomic E-state index is 0.220. The zero-order chi connectivity index (χ0) is 12.7. The lowest BCUT2D eigenvalue weighted by atomic mass is 10.2. The van der Waals surface area contributed by atoms with Gasteiger partial charge in [0.1, 0.15) is 0 Å². The number of amides is 2. The van der Waals surface area contributed by atoms with Crippen LogP contribution in [-0.2, 0) is 0 Å². The summed E-state index contributed by atoms with van der Waals surface area (Å²) in [6, 6.07) is 5.21. The van der Waals surface area contributed by atoms with Crippen LogP contribution in [0.1, 0.15) is 12.5 Å². The first-order chi connectivity index (χ1) is 8.13. The molecule has 3 N–H and O–H groups in total. The van der Waals surface area contributed by atoms with Crippen LogP contribution in [0.2, 0.25) is 5.02 Å². The number of hydrogen-bond donors (Lipinski definition) is 3. The van der Waals surface area contributed by atoms with E-state index in [4.69, 9.17) is 11.6 Å². The van der Waals surface area contributed by atoms with Crippen LogP contribution in [0.15, 0.2) is 18.2 Å². The van der Waals surface area contributed by atoms with Gasteiger partial charge in [0.05, 0.1) is 0 Å². The van der Waals surface area contributed by atoms with Gasteiger partial charge in [-0.2, -0.15) is 0 Å². The van der Waals surface area contributed by atoms with Crippen molar-refractivity contribution in [2.24, 2.45) is 0 Å². The highest BCUT2D eigenvalue weighted by atomic mass is 35.5. The van der Waals surface area contributed by atoms with Gasteiger partial charge in [0.15, 0.2) is 0 Å². The number of benzene rings is 1. The molecule has 0 spiro atoms. The number of urea groups is 1. The first-order valence-electron chi connectivity index (χ1n) is 5.65. The predicted octanol–water partition coefficient (Wildman–Crippen LogP) is 2.38. The summed E-state index contributed by atoms with van der Waals surface area (Å²) in [5, 5.41) is 9.24. The number of anilines is 1. The molecule has 0 atom stereocenters. The number of carbonyl (C=O) groups is 1. The molecular formula is C12H18ClN3O. The van der Waals surface area contributed by atoms with Gasteiger partial charge in [-0.05, 0) is 31.2 Å². The van der Waals surface area contributed by atoms with E-state index < -0.39 is 0 Å². The van der Waals surface area contributed by atoms with E-state index in [1.54, 1.807) is 6.07 Å². The third-order valence-electron chi connectivity index (χ3n) is 2.27. The smallest absolute Gasteiger partial charge is 0.319 e. The second-order valence-corrected chi connectivity index (χ2v) is 4.11. The van der Waals surface area contributed by atoms with Crippen molar-refractivity contribution in [2.75, 3.05) is 25.0 Å². The normalized spacial score (nSPS) is 10.1. The van der Waals surface area contributed by atoms with Crippen molar-refractivity contribution in [1.82, 2.24) is 10.6 Å². The summed E-state index contributed by atoms with van der Waals surface area (Å²) in [5.74, 6) is 0. The summed E-state index contributed by atoms with van der Waals surface area (Å²) in [6.07, 6.45) is 0. The molecule has 0 saturated heterocycles. The molecule has 1 aromatic rings. The van der Waals surface area contributed by atoms with Gasteiger partial charge in [-0.25, -0.2) is 4.79 Å². The van der Waals surface area contributed by atoms with Crippen LogP contribution < -0.4 is 16.0 Å². The largest absolute Gasteiger partial charge is 0.337 e. The molecule has 0 aromatic heterocycles. The Morgan fingerprint density at radius 3 is 2.76 bits per heavy atom. The van der Waals surface area contributed by atoms with Gasteiger partial charge in [0.25, 0.3) is 0 Å². The van der Waals surface area contributed by atoms with Crippen LogP contribution in [0.5, 0.6) is 0 Å². The van der Waals surface area contributed by atoms with E-state index in [-0.39, 0.29) is 6.03 Å². The molecule has 0 saturated carbocycles. The molecule has 0 heterocycles. The van der Waals surface area contributed by atoms with Crippen LogP contribution in [0.4, 0.5) is 10.5 Å². The van der Waals surface area contributed by atoms with Gasteiger partial charge < -0.3 is 16.0 Å². The highest BCUT2D eigenvalue weighted by Crippen LogP contribution is 2.19. The van der Waals surface area contributed by atoms with Crippen molar-refractivity contribution in [3.8, 4) is 0 Å². The van der Waals surface area contributed by atoms with E-state index in [1.165, 1.54) is 0 Å². The lowest BCUT2D eigenvalue weighted by molar-refractivity contribution is 0.252. The van der Waals surface area contributed by atoms with Crippen LogP contribution in [0, 0.1) is 6.92 Å². The fourth-order valence-corrected chi connectivity index (χ4v) is 1.47. The van der Waals surface area contributed by atoms with Crippen molar-refractivity contribution < 1.29 is 4.79 Å². The van der Waals surface area contributed by atoms with Crippen molar-refractivity contribution in [1.29, 1.82) is 0 Å². The van der Waals surface area contributed by atoms with Crippen LogP contribution >= 0.6 is 11.6 Å². The molecule has 0 radical (unpaired) electrons. The zero-order valence-electron chi connectivity index (χ0n) is 10.1. The first kappa shape index (κ1) is 13.8. The van der Waals surface area contributed by atoms with Gasteiger partial charge in [0, 0.05) is 23.8 Å². The third-order valence-corrected chi connectivity index (χ3v) is 2.67. The number of aryl methyl sites for hydroxylation is 1. The van der Waals surface area contributed by atoms with E-state index >= 15 is 0 Å². The molecule has 0 bridgehead atoms. The molecule has 1 rings (SSSR count). The highest BCUT2D eigenvalue weighted by Gasteiger charge is 2.02. The molecule has 0 unspecified atom stereocenters. The van der Waals surface area contributed by atoms with E-state index in [2.05, 4.69) is 16.0 Å². The maximum absolute atomic E-state index is 11.5. The second kappa shape index (κ2) is 7.14. The van der Waals surface area contributed by atoms with Gasteiger partial charge in [-0.1, -0.05) is 24.6 Å². The molecule has 94 valence electrons. The fourth-order valence-electron chi connectivity index (χ4n) is 1.29. The summed E-state index contributed by atoms with van der Waals surface area (Å²) < 4.78 is 0. The second-order valence-electron chi connectivity index (χ2n) is 3.70. The summed E-state index contributed by atoms with van der Waals surface area (Å²) in [7, 11) is 0. The average Bonchev–Trinajstić information content (AvgIpc) is 2.30. The molecule has 4 nitrogen and oxygen atoms in total. The molecule has 0 aliphatic rings. The lowest BCUT2D eigenvalue weighted by Crippen LogP contribution is -2.34. The van der Waals surface area contributed by atoms with Crippen LogP contribution in [0.25, 0.3) is 0 Å². The molecule has 1 aromatic carbocycles. The molecule has 0 aliphatic heterocycles. The van der Waals surface area contributed by atoms with E-state index in [9.17, 15) is 4.79 Å². The minimum Gasteiger partial charge on any atom is -0.337 e. The van der Waals surface area contributed by atoms with E-state index in [0.29, 0.717) is 17.3 Å². The Morgan fingerprint density at radius 1 is 1.35 bits per heavy atom. The van der Waals surface area contributed by atoms with Crippen LogP contribution in [0.3, 0.4) is 0 Å². The summed E-state index contributed by atoms with van der Waals surface area (Å²) in [6.45, 7) is 6.20. The average molecular weight is 256 g/mol. The van der Waals surface area contributed by atoms with Gasteiger partial charge in [0.2, 0.25) is 0 Å². The molecule has 5 heteroatoms. The van der Waals surface area contributed by atoms with Crippen molar-refractivity contribution in [2.45, 2.75) is 13.8 Å². The number of rotatable bonds is 5. The van der Waals surface area contributed by atoms with Crippen molar-refractivity contribution >= 4 is 23.3 Å². The SMILES string of the molecule is CCNCCNC(=O)Nc1ccc(C)c(Cl)c1. The number of likely N-dealkylation sites (N-methyl/N-ethyl adjacent to an activating group) is 1.